The van der Waals surface area contributed by atoms with Crippen LogP contribution in [-0.2, 0) is 6.42 Å². The second kappa shape index (κ2) is 10.7. The van der Waals surface area contributed by atoms with Crippen LogP contribution in [0.4, 0.5) is 10.1 Å². The number of piperazine rings is 1. The van der Waals surface area contributed by atoms with E-state index in [0.717, 1.165) is 74.0 Å². The highest BCUT2D eigenvalue weighted by molar-refractivity contribution is 5.62. The normalized spacial score (nSPS) is 14.3. The van der Waals surface area contributed by atoms with Crippen LogP contribution in [0.2, 0.25) is 0 Å². The molecule has 1 aliphatic rings. The summed E-state index contributed by atoms with van der Waals surface area (Å²) in [4.78, 5) is 4.97. The molecule has 5 rings (SSSR count). The van der Waals surface area contributed by atoms with Gasteiger partial charge in [0, 0.05) is 37.4 Å². The molecule has 0 atom stereocenters. The Hall–Kier alpha value is -3.64. The number of methoxy groups -OCH3 is 1. The first-order valence-electron chi connectivity index (χ1n) is 12.2. The molecule has 0 bridgehead atoms. The summed E-state index contributed by atoms with van der Waals surface area (Å²) in [6, 6.07) is 27.2. The molecular weight excluding hydrogens is 439 g/mol. The molecule has 2 heterocycles. The minimum absolute atomic E-state index is 0.230. The Morgan fingerprint density at radius 2 is 1.54 bits per heavy atom. The zero-order valence-corrected chi connectivity index (χ0v) is 20.1. The van der Waals surface area contributed by atoms with Crippen molar-refractivity contribution in [2.45, 2.75) is 12.8 Å². The SMILES string of the molecule is COc1ccc(N2CCN(CCCc3cc(-c4ccc(F)cc4)n(-c4ccccc4)n3)CC2)cc1. The third-order valence-electron chi connectivity index (χ3n) is 6.62. The quantitative estimate of drug-likeness (QED) is 0.343. The van der Waals surface area contributed by atoms with Crippen molar-refractivity contribution in [3.8, 4) is 22.7 Å². The maximum Gasteiger partial charge on any atom is 0.123 e. The first-order chi connectivity index (χ1) is 17.2. The Morgan fingerprint density at radius 1 is 0.829 bits per heavy atom. The lowest BCUT2D eigenvalue weighted by molar-refractivity contribution is 0.255. The summed E-state index contributed by atoms with van der Waals surface area (Å²) in [5.74, 6) is 0.663. The summed E-state index contributed by atoms with van der Waals surface area (Å²) in [7, 11) is 1.70. The third-order valence-corrected chi connectivity index (χ3v) is 6.62. The second-order valence-electron chi connectivity index (χ2n) is 8.91. The van der Waals surface area contributed by atoms with Gasteiger partial charge in [-0.25, -0.2) is 9.07 Å². The molecule has 1 saturated heterocycles. The summed E-state index contributed by atoms with van der Waals surface area (Å²) < 4.78 is 20.7. The van der Waals surface area contributed by atoms with Gasteiger partial charge in [0.05, 0.1) is 24.2 Å². The number of aromatic nitrogens is 2. The fourth-order valence-corrected chi connectivity index (χ4v) is 4.65. The lowest BCUT2D eigenvalue weighted by Crippen LogP contribution is -2.46. The number of rotatable bonds is 8. The molecular formula is C29H31FN4O. The number of benzene rings is 3. The molecule has 5 nitrogen and oxygen atoms in total. The summed E-state index contributed by atoms with van der Waals surface area (Å²) in [6.45, 7) is 5.24. The fraction of sp³-hybridized carbons (Fsp3) is 0.276. The number of halogens is 1. The van der Waals surface area contributed by atoms with E-state index in [-0.39, 0.29) is 5.82 Å². The van der Waals surface area contributed by atoms with Crippen molar-refractivity contribution < 1.29 is 9.13 Å². The van der Waals surface area contributed by atoms with E-state index in [9.17, 15) is 4.39 Å². The smallest absolute Gasteiger partial charge is 0.123 e. The molecule has 0 radical (unpaired) electrons. The maximum atomic E-state index is 13.5. The number of hydrogen-bond donors (Lipinski definition) is 0. The van der Waals surface area contributed by atoms with Gasteiger partial charge in [-0.15, -0.1) is 0 Å². The summed E-state index contributed by atoms with van der Waals surface area (Å²) in [5, 5.41) is 4.91. The van der Waals surface area contributed by atoms with Gasteiger partial charge in [-0.1, -0.05) is 18.2 Å². The molecule has 0 saturated carbocycles. The Labute approximate surface area is 206 Å². The lowest BCUT2D eigenvalue weighted by atomic mass is 10.1. The van der Waals surface area contributed by atoms with Crippen molar-refractivity contribution >= 4 is 5.69 Å². The van der Waals surface area contributed by atoms with Crippen LogP contribution in [0, 0.1) is 5.82 Å². The molecule has 1 aliphatic heterocycles. The standard InChI is InChI=1S/C29H31FN4O/c1-35-28-15-13-26(14-16-28)33-20-18-32(19-21-33)17-5-6-25-22-29(23-9-11-24(30)12-10-23)34(31-25)27-7-3-2-4-8-27/h2-4,7-16,22H,5-6,17-21H2,1H3. The van der Waals surface area contributed by atoms with Crippen LogP contribution in [-0.4, -0.2) is 54.5 Å². The number of aryl methyl sites for hydroxylation is 1. The minimum Gasteiger partial charge on any atom is -0.497 e. The Bertz CT molecular complexity index is 1210. The van der Waals surface area contributed by atoms with E-state index in [4.69, 9.17) is 9.84 Å². The van der Waals surface area contributed by atoms with E-state index >= 15 is 0 Å². The number of nitrogens with zero attached hydrogens (tertiary/aromatic N) is 4. The number of para-hydroxylation sites is 1. The van der Waals surface area contributed by atoms with Gasteiger partial charge in [0.25, 0.3) is 0 Å². The Kier molecular flexibility index (Phi) is 7.09. The molecule has 0 spiro atoms. The van der Waals surface area contributed by atoms with Gasteiger partial charge in [0.1, 0.15) is 11.6 Å². The van der Waals surface area contributed by atoms with Crippen molar-refractivity contribution in [1.29, 1.82) is 0 Å². The van der Waals surface area contributed by atoms with Gasteiger partial charge in [0.15, 0.2) is 0 Å². The van der Waals surface area contributed by atoms with Crippen LogP contribution in [0.25, 0.3) is 16.9 Å². The summed E-state index contributed by atoms with van der Waals surface area (Å²) in [6.07, 6.45) is 1.96. The molecule has 0 unspecified atom stereocenters. The molecule has 0 N–H and O–H groups in total. The van der Waals surface area contributed by atoms with Gasteiger partial charge in [0.2, 0.25) is 0 Å². The average Bonchev–Trinajstić information content (AvgIpc) is 3.34. The van der Waals surface area contributed by atoms with Crippen LogP contribution in [0.5, 0.6) is 5.75 Å². The minimum atomic E-state index is -0.230. The van der Waals surface area contributed by atoms with E-state index in [1.54, 1.807) is 7.11 Å². The predicted molar refractivity (Wildman–Crippen MR) is 139 cm³/mol. The first-order valence-corrected chi connectivity index (χ1v) is 12.2. The third kappa shape index (κ3) is 5.54. The highest BCUT2D eigenvalue weighted by Gasteiger charge is 2.18. The van der Waals surface area contributed by atoms with Gasteiger partial charge in [-0.2, -0.15) is 5.10 Å². The largest absolute Gasteiger partial charge is 0.497 e. The molecule has 4 aromatic rings. The lowest BCUT2D eigenvalue weighted by Gasteiger charge is -2.36. The van der Waals surface area contributed by atoms with Crippen LogP contribution < -0.4 is 9.64 Å². The molecule has 0 amide bonds. The number of anilines is 1. The Morgan fingerprint density at radius 3 is 2.23 bits per heavy atom. The average molecular weight is 471 g/mol. The van der Waals surface area contributed by atoms with Crippen molar-refractivity contribution in [1.82, 2.24) is 14.7 Å². The molecule has 1 aromatic heterocycles. The molecule has 3 aromatic carbocycles. The highest BCUT2D eigenvalue weighted by Crippen LogP contribution is 2.25. The molecule has 6 heteroatoms. The topological polar surface area (TPSA) is 33.5 Å². The maximum absolute atomic E-state index is 13.5. The predicted octanol–water partition coefficient (Wildman–Crippen LogP) is 5.44. The monoisotopic (exact) mass is 470 g/mol. The van der Waals surface area contributed by atoms with E-state index in [1.165, 1.54) is 17.8 Å². The highest BCUT2D eigenvalue weighted by atomic mass is 19.1. The van der Waals surface area contributed by atoms with Crippen LogP contribution >= 0.6 is 0 Å². The van der Waals surface area contributed by atoms with E-state index in [0.29, 0.717) is 0 Å². The molecule has 1 fully saturated rings. The van der Waals surface area contributed by atoms with Crippen LogP contribution in [0.3, 0.4) is 0 Å². The van der Waals surface area contributed by atoms with Crippen molar-refractivity contribution in [2.75, 3.05) is 44.7 Å². The van der Waals surface area contributed by atoms with E-state index < -0.39 is 0 Å². The molecule has 35 heavy (non-hydrogen) atoms. The van der Waals surface area contributed by atoms with Gasteiger partial charge < -0.3 is 9.64 Å². The van der Waals surface area contributed by atoms with Crippen molar-refractivity contribution in [3.05, 3.63) is 96.4 Å². The fourth-order valence-electron chi connectivity index (χ4n) is 4.65. The number of hydrogen-bond acceptors (Lipinski definition) is 4. The van der Waals surface area contributed by atoms with Crippen LogP contribution in [0.15, 0.2) is 84.9 Å². The van der Waals surface area contributed by atoms with E-state index in [1.807, 2.05) is 59.3 Å². The van der Waals surface area contributed by atoms with Crippen molar-refractivity contribution in [2.24, 2.45) is 0 Å². The van der Waals surface area contributed by atoms with Gasteiger partial charge in [-0.3, -0.25) is 4.90 Å². The zero-order valence-electron chi connectivity index (χ0n) is 20.1. The zero-order chi connectivity index (χ0) is 24.0. The second-order valence-corrected chi connectivity index (χ2v) is 8.91. The van der Waals surface area contributed by atoms with Crippen LogP contribution in [0.1, 0.15) is 12.1 Å². The summed E-state index contributed by atoms with van der Waals surface area (Å²) >= 11 is 0. The molecule has 180 valence electrons. The number of ether oxygens (including phenoxy) is 1. The molecule has 0 aliphatic carbocycles. The first kappa shape index (κ1) is 23.1. The van der Waals surface area contributed by atoms with Gasteiger partial charge in [-0.05, 0) is 86.1 Å². The van der Waals surface area contributed by atoms with E-state index in [2.05, 4.69) is 28.0 Å². The van der Waals surface area contributed by atoms with Crippen molar-refractivity contribution in [3.63, 3.8) is 0 Å². The summed E-state index contributed by atoms with van der Waals surface area (Å²) in [5.41, 5.74) is 5.27. The Balaban J connectivity index is 1.20. The van der Waals surface area contributed by atoms with Gasteiger partial charge >= 0.3 is 0 Å².